The van der Waals surface area contributed by atoms with Gasteiger partial charge in [-0.1, -0.05) is 30.7 Å². The third kappa shape index (κ3) is 2.77. The van der Waals surface area contributed by atoms with Crippen molar-refractivity contribution in [1.29, 1.82) is 0 Å². The van der Waals surface area contributed by atoms with Crippen LogP contribution in [0.4, 0.5) is 14.5 Å². The lowest BCUT2D eigenvalue weighted by molar-refractivity contribution is 0.463. The smallest absolute Gasteiger partial charge is 0.149 e. The van der Waals surface area contributed by atoms with Gasteiger partial charge >= 0.3 is 0 Å². The zero-order valence-corrected chi connectivity index (χ0v) is 12.1. The Morgan fingerprint density at radius 2 is 2.00 bits per heavy atom. The average Bonchev–Trinajstić information content (AvgIpc) is 2.93. The summed E-state index contributed by atoms with van der Waals surface area (Å²) in [6.07, 6.45) is 1.37. The van der Waals surface area contributed by atoms with E-state index in [4.69, 9.17) is 0 Å². The maximum atomic E-state index is 13.9. The van der Waals surface area contributed by atoms with Crippen molar-refractivity contribution >= 4 is 16.7 Å². The molecule has 0 spiro atoms. The molecule has 0 amide bonds. The SMILES string of the molecule is CCC[C@H](Nc1ccc(F)cc1F)n1nnc2ccccc21. The molecule has 22 heavy (non-hydrogen) atoms. The van der Waals surface area contributed by atoms with Gasteiger partial charge in [-0.3, -0.25) is 0 Å². The van der Waals surface area contributed by atoms with E-state index in [1.807, 2.05) is 31.2 Å². The standard InChI is InChI=1S/C16H16F2N4/c1-2-5-16(19-13-9-8-11(17)10-12(13)18)22-15-7-4-3-6-14(15)20-21-22/h3-4,6-10,16,19H,2,5H2,1H3/t16-/m1/s1. The van der Waals surface area contributed by atoms with Crippen LogP contribution in [0.1, 0.15) is 25.9 Å². The second-order valence-corrected chi connectivity index (χ2v) is 5.10. The van der Waals surface area contributed by atoms with Crippen LogP contribution in [0.25, 0.3) is 11.0 Å². The molecule has 1 N–H and O–H groups in total. The lowest BCUT2D eigenvalue weighted by Crippen LogP contribution is -2.20. The van der Waals surface area contributed by atoms with E-state index in [2.05, 4.69) is 15.6 Å². The Morgan fingerprint density at radius 3 is 2.77 bits per heavy atom. The minimum absolute atomic E-state index is 0.249. The van der Waals surface area contributed by atoms with Gasteiger partial charge in [0.05, 0.1) is 11.2 Å². The summed E-state index contributed by atoms with van der Waals surface area (Å²) in [5.74, 6) is -1.22. The van der Waals surface area contributed by atoms with E-state index < -0.39 is 11.6 Å². The highest BCUT2D eigenvalue weighted by molar-refractivity contribution is 5.74. The van der Waals surface area contributed by atoms with Crippen LogP contribution in [-0.2, 0) is 0 Å². The van der Waals surface area contributed by atoms with Crippen LogP contribution < -0.4 is 5.32 Å². The van der Waals surface area contributed by atoms with E-state index in [0.717, 1.165) is 29.9 Å². The van der Waals surface area contributed by atoms with Crippen LogP contribution >= 0.6 is 0 Å². The number of nitrogens with zero attached hydrogens (tertiary/aromatic N) is 3. The van der Waals surface area contributed by atoms with Gasteiger partial charge in [-0.2, -0.15) is 0 Å². The molecule has 114 valence electrons. The molecule has 1 atom stereocenters. The largest absolute Gasteiger partial charge is 0.361 e. The molecule has 6 heteroatoms. The van der Waals surface area contributed by atoms with Gasteiger partial charge in [0.15, 0.2) is 0 Å². The highest BCUT2D eigenvalue weighted by Gasteiger charge is 2.16. The predicted molar refractivity (Wildman–Crippen MR) is 81.5 cm³/mol. The first kappa shape index (κ1) is 14.4. The molecule has 3 rings (SSSR count). The Labute approximate surface area is 126 Å². The van der Waals surface area contributed by atoms with E-state index >= 15 is 0 Å². The average molecular weight is 302 g/mol. The first-order valence-corrected chi connectivity index (χ1v) is 7.20. The van der Waals surface area contributed by atoms with Crippen LogP contribution in [0.5, 0.6) is 0 Å². The van der Waals surface area contributed by atoms with Gasteiger partial charge in [0.1, 0.15) is 23.3 Å². The first-order valence-electron chi connectivity index (χ1n) is 7.20. The highest BCUT2D eigenvalue weighted by Crippen LogP contribution is 2.24. The molecule has 0 aliphatic rings. The highest BCUT2D eigenvalue weighted by atomic mass is 19.1. The predicted octanol–water partition coefficient (Wildman–Crippen LogP) is 4.12. The third-order valence-electron chi connectivity index (χ3n) is 3.49. The number of benzene rings is 2. The van der Waals surface area contributed by atoms with E-state index in [9.17, 15) is 8.78 Å². The van der Waals surface area contributed by atoms with Crippen molar-refractivity contribution in [2.45, 2.75) is 25.9 Å². The number of halogens is 2. The Hall–Kier alpha value is -2.50. The molecule has 0 aliphatic heterocycles. The maximum absolute atomic E-state index is 13.9. The normalized spacial score (nSPS) is 12.5. The summed E-state index contributed by atoms with van der Waals surface area (Å²) in [7, 11) is 0. The summed E-state index contributed by atoms with van der Waals surface area (Å²) in [6, 6.07) is 11.1. The summed E-state index contributed by atoms with van der Waals surface area (Å²) in [6.45, 7) is 2.04. The number of hydrogen-bond donors (Lipinski definition) is 1. The molecular formula is C16H16F2N4. The molecule has 1 heterocycles. The molecule has 0 saturated carbocycles. The number of para-hydroxylation sites is 1. The topological polar surface area (TPSA) is 42.7 Å². The summed E-state index contributed by atoms with van der Waals surface area (Å²) < 4.78 is 28.6. The molecule has 0 radical (unpaired) electrons. The summed E-state index contributed by atoms with van der Waals surface area (Å²) in [5.41, 5.74) is 1.90. The zero-order chi connectivity index (χ0) is 15.5. The molecule has 1 aromatic heterocycles. The minimum Gasteiger partial charge on any atom is -0.361 e. The molecule has 2 aromatic carbocycles. The van der Waals surface area contributed by atoms with Crippen LogP contribution in [0.2, 0.25) is 0 Å². The summed E-state index contributed by atoms with van der Waals surface area (Å²) in [4.78, 5) is 0. The fourth-order valence-electron chi connectivity index (χ4n) is 2.43. The minimum atomic E-state index is -0.620. The fourth-order valence-corrected chi connectivity index (χ4v) is 2.43. The van der Waals surface area contributed by atoms with Crippen molar-refractivity contribution in [2.24, 2.45) is 0 Å². The van der Waals surface area contributed by atoms with Gasteiger partial charge in [0.25, 0.3) is 0 Å². The molecule has 0 saturated heterocycles. The number of aromatic nitrogens is 3. The van der Waals surface area contributed by atoms with Crippen molar-refractivity contribution < 1.29 is 8.78 Å². The third-order valence-corrected chi connectivity index (χ3v) is 3.49. The van der Waals surface area contributed by atoms with E-state index in [-0.39, 0.29) is 11.9 Å². The van der Waals surface area contributed by atoms with Gasteiger partial charge in [-0.25, -0.2) is 13.5 Å². The second kappa shape index (κ2) is 6.09. The number of nitrogens with one attached hydrogen (secondary N) is 1. The van der Waals surface area contributed by atoms with Gasteiger partial charge in [-0.15, -0.1) is 5.10 Å². The van der Waals surface area contributed by atoms with Gasteiger partial charge in [-0.05, 0) is 30.7 Å². The second-order valence-electron chi connectivity index (χ2n) is 5.10. The number of rotatable bonds is 5. The quantitative estimate of drug-likeness (QED) is 0.771. The molecule has 0 bridgehead atoms. The number of anilines is 1. The number of fused-ring (bicyclic) bond motifs is 1. The van der Waals surface area contributed by atoms with Crippen LogP contribution in [0, 0.1) is 11.6 Å². The lowest BCUT2D eigenvalue weighted by atomic mass is 10.2. The van der Waals surface area contributed by atoms with Crippen molar-refractivity contribution in [1.82, 2.24) is 15.0 Å². The van der Waals surface area contributed by atoms with Gasteiger partial charge in [0, 0.05) is 6.07 Å². The molecule has 3 aromatic rings. The Balaban J connectivity index is 1.96. The van der Waals surface area contributed by atoms with E-state index in [0.29, 0.717) is 0 Å². The van der Waals surface area contributed by atoms with Crippen LogP contribution in [0.15, 0.2) is 42.5 Å². The van der Waals surface area contributed by atoms with Crippen molar-refractivity contribution in [3.8, 4) is 0 Å². The summed E-state index contributed by atoms with van der Waals surface area (Å²) >= 11 is 0. The zero-order valence-electron chi connectivity index (χ0n) is 12.1. The Morgan fingerprint density at radius 1 is 1.18 bits per heavy atom. The molecule has 0 aliphatic carbocycles. The first-order chi connectivity index (χ1) is 10.7. The van der Waals surface area contributed by atoms with Gasteiger partial charge < -0.3 is 5.32 Å². The van der Waals surface area contributed by atoms with E-state index in [1.165, 1.54) is 12.1 Å². The summed E-state index contributed by atoms with van der Waals surface area (Å²) in [5, 5.41) is 11.4. The van der Waals surface area contributed by atoms with Crippen LogP contribution in [-0.4, -0.2) is 15.0 Å². The van der Waals surface area contributed by atoms with Crippen molar-refractivity contribution in [3.63, 3.8) is 0 Å². The monoisotopic (exact) mass is 302 g/mol. The van der Waals surface area contributed by atoms with Crippen molar-refractivity contribution in [2.75, 3.05) is 5.32 Å². The molecule has 4 nitrogen and oxygen atoms in total. The van der Waals surface area contributed by atoms with Gasteiger partial charge in [0.2, 0.25) is 0 Å². The fraction of sp³-hybridized carbons (Fsp3) is 0.250. The van der Waals surface area contributed by atoms with Crippen molar-refractivity contribution in [3.05, 3.63) is 54.1 Å². The molecule has 0 fully saturated rings. The lowest BCUT2D eigenvalue weighted by Gasteiger charge is -2.20. The Kier molecular flexibility index (Phi) is 4.00. The maximum Gasteiger partial charge on any atom is 0.149 e. The van der Waals surface area contributed by atoms with E-state index in [1.54, 1.807) is 4.68 Å². The van der Waals surface area contributed by atoms with Crippen LogP contribution in [0.3, 0.4) is 0 Å². The Bertz CT molecular complexity index is 785. The number of hydrogen-bond acceptors (Lipinski definition) is 3. The molecule has 0 unspecified atom stereocenters. The molecular weight excluding hydrogens is 286 g/mol.